The lowest BCUT2D eigenvalue weighted by Gasteiger charge is -2.15. The average molecular weight is 263 g/mol. The second-order valence-electron chi connectivity index (χ2n) is 3.74. The van der Waals surface area contributed by atoms with E-state index in [9.17, 15) is 0 Å². The Balaban J connectivity index is 2.20. The quantitative estimate of drug-likeness (QED) is 0.813. The fourth-order valence-electron chi connectivity index (χ4n) is 1.85. The molecule has 1 heterocycles. The van der Waals surface area contributed by atoms with Crippen molar-refractivity contribution in [3.05, 3.63) is 52.2 Å². The van der Waals surface area contributed by atoms with E-state index in [1.807, 2.05) is 18.8 Å². The van der Waals surface area contributed by atoms with Crippen LogP contribution in [-0.2, 0) is 0 Å². The van der Waals surface area contributed by atoms with Crippen LogP contribution in [0, 0.1) is 0 Å². The Kier molecular flexibility index (Phi) is 4.66. The third kappa shape index (κ3) is 3.12. The van der Waals surface area contributed by atoms with Gasteiger partial charge in [0.2, 0.25) is 0 Å². The Labute approximate surface area is 111 Å². The number of hydrogen-bond acceptors (Lipinski definition) is 3. The van der Waals surface area contributed by atoms with Crippen LogP contribution in [-0.4, -0.2) is 12.8 Å². The average Bonchev–Trinajstić information content (AvgIpc) is 2.86. The Morgan fingerprint density at radius 2 is 2.00 bits per heavy atom. The molecule has 0 saturated carbocycles. The number of hydrogen-bond donors (Lipinski definition) is 1. The number of thioether (sulfide) groups is 1. The first kappa shape index (κ1) is 12.7. The summed E-state index contributed by atoms with van der Waals surface area (Å²) in [6.07, 6.45) is 0. The van der Waals surface area contributed by atoms with Gasteiger partial charge >= 0.3 is 0 Å². The lowest BCUT2D eigenvalue weighted by molar-refractivity contribution is 0.703. The largest absolute Gasteiger partial charge is 0.309 e. The topological polar surface area (TPSA) is 12.0 Å². The maximum Gasteiger partial charge on any atom is 0.0668 e. The van der Waals surface area contributed by atoms with Crippen molar-refractivity contribution in [2.45, 2.75) is 17.9 Å². The molecule has 0 fully saturated rings. The maximum absolute atomic E-state index is 3.38. The van der Waals surface area contributed by atoms with E-state index in [4.69, 9.17) is 0 Å². The zero-order valence-electron chi connectivity index (χ0n) is 10.1. The van der Waals surface area contributed by atoms with Gasteiger partial charge in [0.15, 0.2) is 0 Å². The second kappa shape index (κ2) is 6.24. The van der Waals surface area contributed by atoms with E-state index in [0.29, 0.717) is 6.04 Å². The third-order valence-corrected chi connectivity index (χ3v) is 4.47. The molecule has 1 aromatic heterocycles. The summed E-state index contributed by atoms with van der Waals surface area (Å²) in [5, 5.41) is 5.50. The van der Waals surface area contributed by atoms with Crippen molar-refractivity contribution in [2.24, 2.45) is 0 Å². The monoisotopic (exact) mass is 263 g/mol. The van der Waals surface area contributed by atoms with Crippen LogP contribution in [0.5, 0.6) is 0 Å². The first-order chi connectivity index (χ1) is 8.35. The van der Waals surface area contributed by atoms with Gasteiger partial charge in [-0.2, -0.15) is 0 Å². The van der Waals surface area contributed by atoms with Gasteiger partial charge in [0.1, 0.15) is 0 Å². The van der Waals surface area contributed by atoms with Crippen molar-refractivity contribution < 1.29 is 0 Å². The molecule has 2 rings (SSSR count). The fraction of sp³-hybridized carbons (Fsp3) is 0.286. The highest BCUT2D eigenvalue weighted by Gasteiger charge is 2.12. The van der Waals surface area contributed by atoms with Gasteiger partial charge in [-0.15, -0.1) is 23.1 Å². The first-order valence-corrected chi connectivity index (χ1v) is 7.65. The molecule has 0 spiro atoms. The Bertz CT molecular complexity index is 434. The van der Waals surface area contributed by atoms with Crippen molar-refractivity contribution in [3.8, 4) is 0 Å². The molecule has 0 aliphatic carbocycles. The minimum Gasteiger partial charge on any atom is -0.309 e. The number of nitrogens with one attached hydrogen (secondary N) is 1. The zero-order chi connectivity index (χ0) is 12.1. The number of benzene rings is 1. The highest BCUT2D eigenvalue weighted by atomic mass is 32.2. The van der Waals surface area contributed by atoms with Crippen molar-refractivity contribution in [1.29, 1.82) is 0 Å². The number of thiophene rings is 1. The lowest BCUT2D eigenvalue weighted by Crippen LogP contribution is -2.16. The third-order valence-electron chi connectivity index (χ3n) is 2.64. The van der Waals surface area contributed by atoms with Crippen LogP contribution in [0.15, 0.2) is 46.7 Å². The van der Waals surface area contributed by atoms with E-state index in [0.717, 1.165) is 5.75 Å². The van der Waals surface area contributed by atoms with Crippen LogP contribution in [0.2, 0.25) is 0 Å². The molecule has 2 aromatic rings. The van der Waals surface area contributed by atoms with Crippen molar-refractivity contribution in [2.75, 3.05) is 12.8 Å². The molecule has 3 heteroatoms. The molecule has 1 aromatic carbocycles. The molecular weight excluding hydrogens is 246 g/mol. The summed E-state index contributed by atoms with van der Waals surface area (Å²) in [7, 11) is 2.01. The van der Waals surface area contributed by atoms with Gasteiger partial charge in [0.25, 0.3) is 0 Å². The molecule has 1 unspecified atom stereocenters. The molecule has 0 aliphatic rings. The van der Waals surface area contributed by atoms with E-state index >= 15 is 0 Å². The van der Waals surface area contributed by atoms with Crippen LogP contribution in [0.4, 0.5) is 0 Å². The highest BCUT2D eigenvalue weighted by molar-refractivity contribution is 7.99. The summed E-state index contributed by atoms with van der Waals surface area (Å²) >= 11 is 3.68. The van der Waals surface area contributed by atoms with Crippen LogP contribution < -0.4 is 5.32 Å². The molecule has 0 bridgehead atoms. The molecule has 0 amide bonds. The summed E-state index contributed by atoms with van der Waals surface area (Å²) in [4.78, 5) is 2.71. The molecule has 0 saturated heterocycles. The van der Waals surface area contributed by atoms with Gasteiger partial charge in [-0.05, 0) is 41.9 Å². The van der Waals surface area contributed by atoms with Crippen LogP contribution in [0.3, 0.4) is 0 Å². The summed E-state index contributed by atoms with van der Waals surface area (Å²) in [5.41, 5.74) is 1.33. The predicted octanol–water partition coefficient (Wildman–Crippen LogP) is 4.17. The van der Waals surface area contributed by atoms with Gasteiger partial charge < -0.3 is 5.32 Å². The summed E-state index contributed by atoms with van der Waals surface area (Å²) < 4.78 is 0. The van der Waals surface area contributed by atoms with Gasteiger partial charge in [0, 0.05) is 9.77 Å². The van der Waals surface area contributed by atoms with E-state index in [1.54, 1.807) is 11.3 Å². The van der Waals surface area contributed by atoms with Gasteiger partial charge in [-0.1, -0.05) is 25.1 Å². The molecule has 1 N–H and O–H groups in total. The van der Waals surface area contributed by atoms with Gasteiger partial charge in [0.05, 0.1) is 6.04 Å². The number of rotatable bonds is 5. The van der Waals surface area contributed by atoms with Gasteiger partial charge in [-0.3, -0.25) is 0 Å². The SMILES string of the molecule is CCSc1ccc(C(NC)c2cccs2)cc1. The van der Waals surface area contributed by atoms with E-state index < -0.39 is 0 Å². The Hall–Kier alpha value is -0.770. The summed E-state index contributed by atoms with van der Waals surface area (Å²) in [6, 6.07) is 13.5. The van der Waals surface area contributed by atoms with E-state index in [2.05, 4.69) is 54.0 Å². The normalized spacial score (nSPS) is 12.6. The van der Waals surface area contributed by atoms with Crippen LogP contribution in [0.1, 0.15) is 23.4 Å². The van der Waals surface area contributed by atoms with Crippen molar-refractivity contribution in [3.63, 3.8) is 0 Å². The highest BCUT2D eigenvalue weighted by Crippen LogP contribution is 2.27. The summed E-state index contributed by atoms with van der Waals surface area (Å²) in [6.45, 7) is 2.18. The molecule has 0 radical (unpaired) electrons. The smallest absolute Gasteiger partial charge is 0.0668 e. The first-order valence-electron chi connectivity index (χ1n) is 5.78. The molecule has 1 nitrogen and oxygen atoms in total. The second-order valence-corrected chi connectivity index (χ2v) is 6.06. The lowest BCUT2D eigenvalue weighted by atomic mass is 10.1. The molecule has 90 valence electrons. The Morgan fingerprint density at radius 1 is 1.24 bits per heavy atom. The minimum absolute atomic E-state index is 0.315. The van der Waals surface area contributed by atoms with Crippen LogP contribution in [0.25, 0.3) is 0 Å². The van der Waals surface area contributed by atoms with E-state index in [-0.39, 0.29) is 0 Å². The van der Waals surface area contributed by atoms with Crippen LogP contribution >= 0.6 is 23.1 Å². The predicted molar refractivity (Wildman–Crippen MR) is 78.1 cm³/mol. The van der Waals surface area contributed by atoms with E-state index in [1.165, 1.54) is 15.3 Å². The van der Waals surface area contributed by atoms with Gasteiger partial charge in [-0.25, -0.2) is 0 Å². The molecular formula is C14H17NS2. The van der Waals surface area contributed by atoms with Crippen molar-refractivity contribution >= 4 is 23.1 Å². The Morgan fingerprint density at radius 3 is 2.53 bits per heavy atom. The standard InChI is InChI=1S/C14H17NS2/c1-3-16-12-8-6-11(7-9-12)14(15-2)13-5-4-10-17-13/h4-10,14-15H,3H2,1-2H3. The fourth-order valence-corrected chi connectivity index (χ4v) is 3.38. The minimum atomic E-state index is 0.315. The maximum atomic E-state index is 3.38. The zero-order valence-corrected chi connectivity index (χ0v) is 11.8. The summed E-state index contributed by atoms with van der Waals surface area (Å²) in [5.74, 6) is 1.12. The van der Waals surface area contributed by atoms with Crippen molar-refractivity contribution in [1.82, 2.24) is 5.32 Å². The molecule has 17 heavy (non-hydrogen) atoms. The molecule has 1 atom stereocenters. The molecule has 0 aliphatic heterocycles.